The molecule has 0 spiro atoms. The summed E-state index contributed by atoms with van der Waals surface area (Å²) in [5.74, 6) is -2.05. The van der Waals surface area contributed by atoms with Crippen LogP contribution in [0, 0.1) is 11.6 Å². The van der Waals surface area contributed by atoms with E-state index in [0.29, 0.717) is 26.2 Å². The highest BCUT2D eigenvalue weighted by Gasteiger charge is 2.25. The molecule has 2 heterocycles. The van der Waals surface area contributed by atoms with Crippen molar-refractivity contribution in [1.29, 1.82) is 0 Å². The van der Waals surface area contributed by atoms with E-state index in [0.717, 1.165) is 12.1 Å². The third-order valence-corrected chi connectivity index (χ3v) is 3.99. The number of hydrogen-bond donors (Lipinski definition) is 1. The first-order valence-electron chi connectivity index (χ1n) is 7.83. The molecule has 1 aliphatic rings. The lowest BCUT2D eigenvalue weighted by Crippen LogP contribution is -2.50. The maximum absolute atomic E-state index is 13.5. The summed E-state index contributed by atoms with van der Waals surface area (Å²) in [6.07, 6.45) is 1.44. The SMILES string of the molecule is O=C(CN1CCN(C(=O)c2ccco2)CC1)Nc1c(F)cccc1F. The maximum atomic E-state index is 13.5. The van der Waals surface area contributed by atoms with Crippen molar-refractivity contribution < 1.29 is 22.8 Å². The lowest BCUT2D eigenvalue weighted by atomic mass is 10.2. The van der Waals surface area contributed by atoms with Gasteiger partial charge in [-0.05, 0) is 24.3 Å². The van der Waals surface area contributed by atoms with E-state index in [1.54, 1.807) is 17.0 Å². The van der Waals surface area contributed by atoms with Gasteiger partial charge in [-0.2, -0.15) is 0 Å². The molecule has 0 unspecified atom stereocenters. The van der Waals surface area contributed by atoms with Gasteiger partial charge in [0.15, 0.2) is 5.76 Å². The van der Waals surface area contributed by atoms with Gasteiger partial charge in [0.25, 0.3) is 5.91 Å². The number of carbonyl (C=O) groups is 2. The summed E-state index contributed by atoms with van der Waals surface area (Å²) in [4.78, 5) is 27.6. The summed E-state index contributed by atoms with van der Waals surface area (Å²) in [5, 5.41) is 2.26. The number of anilines is 1. The molecule has 1 saturated heterocycles. The fourth-order valence-corrected chi connectivity index (χ4v) is 2.66. The topological polar surface area (TPSA) is 65.8 Å². The van der Waals surface area contributed by atoms with E-state index in [1.807, 2.05) is 4.90 Å². The van der Waals surface area contributed by atoms with Crippen molar-refractivity contribution in [2.75, 3.05) is 38.0 Å². The Kier molecular flexibility index (Phi) is 5.08. The minimum Gasteiger partial charge on any atom is -0.459 e. The van der Waals surface area contributed by atoms with Gasteiger partial charge in [-0.15, -0.1) is 0 Å². The lowest BCUT2D eigenvalue weighted by Gasteiger charge is -2.33. The zero-order valence-electron chi connectivity index (χ0n) is 13.4. The van der Waals surface area contributed by atoms with E-state index in [4.69, 9.17) is 4.42 Å². The number of para-hydroxylation sites is 1. The molecule has 0 aliphatic carbocycles. The number of furan rings is 1. The van der Waals surface area contributed by atoms with Gasteiger partial charge in [-0.3, -0.25) is 14.5 Å². The van der Waals surface area contributed by atoms with Crippen LogP contribution in [0.15, 0.2) is 41.0 Å². The maximum Gasteiger partial charge on any atom is 0.289 e. The Balaban J connectivity index is 1.50. The van der Waals surface area contributed by atoms with Gasteiger partial charge in [-0.1, -0.05) is 6.07 Å². The molecule has 1 aromatic carbocycles. The zero-order chi connectivity index (χ0) is 17.8. The molecular weight excluding hydrogens is 332 g/mol. The van der Waals surface area contributed by atoms with E-state index in [2.05, 4.69) is 5.32 Å². The first-order chi connectivity index (χ1) is 12.0. The van der Waals surface area contributed by atoms with Crippen LogP contribution in [-0.2, 0) is 4.79 Å². The van der Waals surface area contributed by atoms with E-state index in [9.17, 15) is 18.4 Å². The standard InChI is InChI=1S/C17H17F2N3O3/c18-12-3-1-4-13(19)16(12)20-15(23)11-21-6-8-22(9-7-21)17(24)14-5-2-10-25-14/h1-5,10H,6-9,11H2,(H,20,23). The molecule has 0 saturated carbocycles. The number of halogens is 2. The average Bonchev–Trinajstić information content (AvgIpc) is 3.13. The van der Waals surface area contributed by atoms with Crippen LogP contribution in [0.2, 0.25) is 0 Å². The lowest BCUT2D eigenvalue weighted by molar-refractivity contribution is -0.117. The Morgan fingerprint density at radius 2 is 1.72 bits per heavy atom. The first-order valence-corrected chi connectivity index (χ1v) is 7.83. The Morgan fingerprint density at radius 3 is 2.32 bits per heavy atom. The summed E-state index contributed by atoms with van der Waals surface area (Å²) in [5.41, 5.74) is -0.445. The van der Waals surface area contributed by atoms with Crippen LogP contribution in [0.25, 0.3) is 0 Å². The first kappa shape index (κ1) is 17.1. The number of carbonyl (C=O) groups excluding carboxylic acids is 2. The van der Waals surface area contributed by atoms with Gasteiger partial charge in [0.1, 0.15) is 17.3 Å². The molecule has 6 nitrogen and oxygen atoms in total. The highest BCUT2D eigenvalue weighted by molar-refractivity contribution is 5.93. The molecule has 1 aliphatic heterocycles. The summed E-state index contributed by atoms with van der Waals surface area (Å²) in [6.45, 7) is 1.86. The van der Waals surface area contributed by atoms with Crippen LogP contribution in [0.5, 0.6) is 0 Å². The van der Waals surface area contributed by atoms with Gasteiger partial charge in [0, 0.05) is 26.2 Å². The van der Waals surface area contributed by atoms with Gasteiger partial charge in [-0.25, -0.2) is 8.78 Å². The fraction of sp³-hybridized carbons (Fsp3) is 0.294. The highest BCUT2D eigenvalue weighted by atomic mass is 19.1. The number of rotatable bonds is 4. The number of nitrogens with one attached hydrogen (secondary N) is 1. The van der Waals surface area contributed by atoms with E-state index < -0.39 is 23.2 Å². The summed E-state index contributed by atoms with van der Waals surface area (Å²) in [6, 6.07) is 6.64. The summed E-state index contributed by atoms with van der Waals surface area (Å²) >= 11 is 0. The molecule has 132 valence electrons. The molecule has 2 amide bonds. The molecule has 1 aromatic heterocycles. The van der Waals surface area contributed by atoms with Gasteiger partial charge in [0.2, 0.25) is 5.91 Å². The monoisotopic (exact) mass is 349 g/mol. The molecule has 2 aromatic rings. The zero-order valence-corrected chi connectivity index (χ0v) is 13.4. The van der Waals surface area contributed by atoms with Crippen LogP contribution in [0.4, 0.5) is 14.5 Å². The fourth-order valence-electron chi connectivity index (χ4n) is 2.66. The second-order valence-corrected chi connectivity index (χ2v) is 5.69. The molecule has 8 heteroatoms. The van der Waals surface area contributed by atoms with Gasteiger partial charge in [0.05, 0.1) is 12.8 Å². The van der Waals surface area contributed by atoms with Gasteiger partial charge < -0.3 is 14.6 Å². The Bertz CT molecular complexity index is 736. The molecule has 1 fully saturated rings. The Labute approximate surface area is 143 Å². The van der Waals surface area contributed by atoms with Crippen molar-refractivity contribution in [2.45, 2.75) is 0 Å². The predicted octanol–water partition coefficient (Wildman–Crippen LogP) is 1.95. The second kappa shape index (κ2) is 7.43. The van der Waals surface area contributed by atoms with Crippen molar-refractivity contribution in [2.24, 2.45) is 0 Å². The van der Waals surface area contributed by atoms with Crippen molar-refractivity contribution in [3.8, 4) is 0 Å². The Morgan fingerprint density at radius 1 is 1.04 bits per heavy atom. The van der Waals surface area contributed by atoms with Crippen LogP contribution in [0.3, 0.4) is 0 Å². The van der Waals surface area contributed by atoms with Crippen LogP contribution in [-0.4, -0.2) is 54.3 Å². The summed E-state index contributed by atoms with van der Waals surface area (Å²) in [7, 11) is 0. The smallest absolute Gasteiger partial charge is 0.289 e. The minimum atomic E-state index is -0.817. The molecule has 0 atom stereocenters. The second-order valence-electron chi connectivity index (χ2n) is 5.69. The molecule has 0 bridgehead atoms. The molecule has 0 radical (unpaired) electrons. The van der Waals surface area contributed by atoms with Crippen molar-refractivity contribution >= 4 is 17.5 Å². The highest BCUT2D eigenvalue weighted by Crippen LogP contribution is 2.18. The number of piperazine rings is 1. The largest absolute Gasteiger partial charge is 0.459 e. The van der Waals surface area contributed by atoms with E-state index >= 15 is 0 Å². The normalized spacial score (nSPS) is 15.2. The molecule has 3 rings (SSSR count). The van der Waals surface area contributed by atoms with Crippen molar-refractivity contribution in [1.82, 2.24) is 9.80 Å². The number of hydrogen-bond acceptors (Lipinski definition) is 4. The van der Waals surface area contributed by atoms with Crippen molar-refractivity contribution in [3.05, 3.63) is 54.0 Å². The summed E-state index contributed by atoms with van der Waals surface area (Å²) < 4.78 is 32.2. The predicted molar refractivity (Wildman–Crippen MR) is 86.0 cm³/mol. The molecule has 1 N–H and O–H groups in total. The van der Waals surface area contributed by atoms with Gasteiger partial charge >= 0.3 is 0 Å². The van der Waals surface area contributed by atoms with Crippen LogP contribution in [0.1, 0.15) is 10.6 Å². The quantitative estimate of drug-likeness (QED) is 0.916. The number of amides is 2. The number of nitrogens with zero attached hydrogens (tertiary/aromatic N) is 2. The van der Waals surface area contributed by atoms with E-state index in [1.165, 1.54) is 12.3 Å². The molecular formula is C17H17F2N3O3. The minimum absolute atomic E-state index is 0.00342. The molecule has 25 heavy (non-hydrogen) atoms. The third kappa shape index (κ3) is 4.03. The van der Waals surface area contributed by atoms with Crippen molar-refractivity contribution in [3.63, 3.8) is 0 Å². The average molecular weight is 349 g/mol. The van der Waals surface area contributed by atoms with Crippen LogP contribution < -0.4 is 5.32 Å². The van der Waals surface area contributed by atoms with E-state index in [-0.39, 0.29) is 18.2 Å². The number of benzene rings is 1. The third-order valence-electron chi connectivity index (χ3n) is 3.99. The Hall–Kier alpha value is -2.74. The van der Waals surface area contributed by atoms with Crippen LogP contribution >= 0.6 is 0 Å².